The zero-order chi connectivity index (χ0) is 13.9. The molecule has 0 bridgehead atoms. The number of rotatable bonds is 5. The molecule has 3 rings (SSSR count). The van der Waals surface area contributed by atoms with Crippen LogP contribution in [0.3, 0.4) is 0 Å². The molecule has 1 fully saturated rings. The Morgan fingerprint density at radius 1 is 1.15 bits per heavy atom. The van der Waals surface area contributed by atoms with E-state index in [-0.39, 0.29) is 0 Å². The average Bonchev–Trinajstić information content (AvgIpc) is 3.26. The van der Waals surface area contributed by atoms with E-state index in [2.05, 4.69) is 54.7 Å². The minimum Gasteiger partial charge on any atom is -0.496 e. The van der Waals surface area contributed by atoms with Gasteiger partial charge in [-0.1, -0.05) is 48.0 Å². The van der Waals surface area contributed by atoms with Gasteiger partial charge in [0.25, 0.3) is 0 Å². The number of nitrogens with one attached hydrogen (secondary N) is 1. The summed E-state index contributed by atoms with van der Waals surface area (Å²) in [6.45, 7) is 2.99. The zero-order valence-electron chi connectivity index (χ0n) is 12.1. The molecule has 0 spiro atoms. The Morgan fingerprint density at radius 3 is 2.70 bits per heavy atom. The lowest BCUT2D eigenvalue weighted by Gasteiger charge is -2.10. The third kappa shape index (κ3) is 2.86. The largest absolute Gasteiger partial charge is 0.496 e. The number of hydrogen-bond acceptors (Lipinski definition) is 2. The summed E-state index contributed by atoms with van der Waals surface area (Å²) in [6.07, 6.45) is 1.23. The van der Waals surface area contributed by atoms with E-state index in [1.165, 1.54) is 23.1 Å². The lowest BCUT2D eigenvalue weighted by molar-refractivity contribution is 0.407. The predicted octanol–water partition coefficient (Wildman–Crippen LogP) is 3.65. The second-order valence-electron chi connectivity index (χ2n) is 5.56. The smallest absolute Gasteiger partial charge is 0.123 e. The van der Waals surface area contributed by atoms with E-state index >= 15 is 0 Å². The van der Waals surface area contributed by atoms with Gasteiger partial charge >= 0.3 is 0 Å². The maximum atomic E-state index is 5.42. The third-order valence-electron chi connectivity index (χ3n) is 4.01. The molecular weight excluding hydrogens is 246 g/mol. The summed E-state index contributed by atoms with van der Waals surface area (Å²) >= 11 is 0. The average molecular weight is 267 g/mol. The van der Waals surface area contributed by atoms with Crippen molar-refractivity contribution in [3.63, 3.8) is 0 Å². The van der Waals surface area contributed by atoms with Crippen molar-refractivity contribution < 1.29 is 4.74 Å². The van der Waals surface area contributed by atoms with Crippen LogP contribution in [0, 0.1) is 6.92 Å². The summed E-state index contributed by atoms with van der Waals surface area (Å²) < 4.78 is 5.42. The topological polar surface area (TPSA) is 21.3 Å². The van der Waals surface area contributed by atoms with Gasteiger partial charge in [0.1, 0.15) is 5.75 Å². The maximum absolute atomic E-state index is 5.42. The number of hydrogen-bond donors (Lipinski definition) is 1. The van der Waals surface area contributed by atoms with E-state index in [1.807, 2.05) is 6.07 Å². The van der Waals surface area contributed by atoms with Gasteiger partial charge in [-0.25, -0.2) is 0 Å². The molecule has 0 amide bonds. The molecule has 0 radical (unpaired) electrons. The molecule has 1 N–H and O–H groups in total. The van der Waals surface area contributed by atoms with E-state index in [0.29, 0.717) is 12.0 Å². The lowest BCUT2D eigenvalue weighted by atomic mass is 10.1. The molecule has 0 saturated heterocycles. The molecule has 1 aliphatic carbocycles. The molecular formula is C18H21NO. The van der Waals surface area contributed by atoms with Crippen LogP contribution in [0.25, 0.3) is 0 Å². The number of methoxy groups -OCH3 is 1. The van der Waals surface area contributed by atoms with Crippen LogP contribution in [-0.4, -0.2) is 13.2 Å². The van der Waals surface area contributed by atoms with E-state index in [1.54, 1.807) is 7.11 Å². The van der Waals surface area contributed by atoms with Gasteiger partial charge in [-0.05, 0) is 25.0 Å². The van der Waals surface area contributed by atoms with E-state index < -0.39 is 0 Å². The summed E-state index contributed by atoms with van der Waals surface area (Å²) in [5.74, 6) is 1.65. The summed E-state index contributed by atoms with van der Waals surface area (Å²) in [5.41, 5.74) is 3.96. The molecule has 20 heavy (non-hydrogen) atoms. The molecule has 0 heterocycles. The first-order valence-electron chi connectivity index (χ1n) is 7.20. The van der Waals surface area contributed by atoms with Crippen LogP contribution >= 0.6 is 0 Å². The molecule has 2 aromatic carbocycles. The fourth-order valence-electron chi connectivity index (χ4n) is 2.78. The van der Waals surface area contributed by atoms with Crippen LogP contribution in [0.2, 0.25) is 0 Å². The first-order chi connectivity index (χ1) is 9.78. The molecule has 2 unspecified atom stereocenters. The van der Waals surface area contributed by atoms with Crippen molar-refractivity contribution in [1.82, 2.24) is 5.32 Å². The first kappa shape index (κ1) is 13.2. The Balaban J connectivity index is 1.60. The molecule has 2 aromatic rings. The highest BCUT2D eigenvalue weighted by Gasteiger charge is 2.37. The molecule has 2 nitrogen and oxygen atoms in total. The fraction of sp³-hybridized carbons (Fsp3) is 0.333. The van der Waals surface area contributed by atoms with Gasteiger partial charge in [-0.3, -0.25) is 0 Å². The molecule has 0 aromatic heterocycles. The number of aryl methyl sites for hydroxylation is 1. The minimum absolute atomic E-state index is 0.600. The normalized spacial score (nSPS) is 20.7. The fourth-order valence-corrected chi connectivity index (χ4v) is 2.78. The molecule has 0 aliphatic heterocycles. The van der Waals surface area contributed by atoms with Gasteiger partial charge in [0.15, 0.2) is 0 Å². The van der Waals surface area contributed by atoms with E-state index in [4.69, 9.17) is 4.74 Å². The van der Waals surface area contributed by atoms with Crippen molar-refractivity contribution in [3.8, 4) is 5.75 Å². The van der Waals surface area contributed by atoms with Crippen molar-refractivity contribution >= 4 is 0 Å². The van der Waals surface area contributed by atoms with Crippen molar-refractivity contribution in [2.24, 2.45) is 0 Å². The van der Waals surface area contributed by atoms with Crippen LogP contribution < -0.4 is 10.1 Å². The van der Waals surface area contributed by atoms with Gasteiger partial charge in [-0.2, -0.15) is 0 Å². The minimum atomic E-state index is 0.600. The van der Waals surface area contributed by atoms with Gasteiger partial charge in [-0.15, -0.1) is 0 Å². The zero-order valence-corrected chi connectivity index (χ0v) is 12.1. The third-order valence-corrected chi connectivity index (χ3v) is 4.01. The van der Waals surface area contributed by atoms with Crippen molar-refractivity contribution in [2.75, 3.05) is 7.11 Å². The van der Waals surface area contributed by atoms with Gasteiger partial charge < -0.3 is 10.1 Å². The molecule has 2 atom stereocenters. The Hall–Kier alpha value is -1.80. The first-order valence-corrected chi connectivity index (χ1v) is 7.20. The Bertz CT molecular complexity index is 579. The van der Waals surface area contributed by atoms with Crippen molar-refractivity contribution in [2.45, 2.75) is 31.8 Å². The highest BCUT2D eigenvalue weighted by Crippen LogP contribution is 2.40. The summed E-state index contributed by atoms with van der Waals surface area (Å²) in [4.78, 5) is 0. The monoisotopic (exact) mass is 267 g/mol. The van der Waals surface area contributed by atoms with Crippen LogP contribution in [0.15, 0.2) is 48.5 Å². The molecule has 2 heteroatoms. The van der Waals surface area contributed by atoms with Crippen LogP contribution in [-0.2, 0) is 6.54 Å². The van der Waals surface area contributed by atoms with Crippen LogP contribution in [0.5, 0.6) is 5.75 Å². The van der Waals surface area contributed by atoms with E-state index in [0.717, 1.165) is 12.3 Å². The van der Waals surface area contributed by atoms with E-state index in [9.17, 15) is 0 Å². The lowest BCUT2D eigenvalue weighted by Crippen LogP contribution is -2.17. The predicted molar refractivity (Wildman–Crippen MR) is 82.2 cm³/mol. The summed E-state index contributed by atoms with van der Waals surface area (Å²) in [7, 11) is 1.73. The number of ether oxygens (including phenoxy) is 1. The second kappa shape index (κ2) is 5.68. The summed E-state index contributed by atoms with van der Waals surface area (Å²) in [5, 5.41) is 3.64. The molecule has 104 valence electrons. The quantitative estimate of drug-likeness (QED) is 0.893. The van der Waals surface area contributed by atoms with Crippen molar-refractivity contribution in [1.29, 1.82) is 0 Å². The van der Waals surface area contributed by atoms with Crippen LogP contribution in [0.1, 0.15) is 29.0 Å². The maximum Gasteiger partial charge on any atom is 0.123 e. The van der Waals surface area contributed by atoms with Crippen molar-refractivity contribution in [3.05, 3.63) is 65.2 Å². The SMILES string of the molecule is COc1ccc(C)cc1CNC1CC1c1ccccc1. The number of benzene rings is 2. The standard InChI is InChI=1S/C18H21NO/c1-13-8-9-18(20-2)15(10-13)12-19-17-11-16(17)14-6-4-3-5-7-14/h3-10,16-17,19H,11-12H2,1-2H3. The highest BCUT2D eigenvalue weighted by molar-refractivity contribution is 5.37. The Kier molecular flexibility index (Phi) is 3.75. The Labute approximate surface area is 120 Å². The van der Waals surface area contributed by atoms with Gasteiger partial charge in [0.05, 0.1) is 7.11 Å². The summed E-state index contributed by atoms with van der Waals surface area (Å²) in [6, 6.07) is 17.7. The van der Waals surface area contributed by atoms with Gasteiger partial charge in [0, 0.05) is 24.1 Å². The van der Waals surface area contributed by atoms with Crippen LogP contribution in [0.4, 0.5) is 0 Å². The van der Waals surface area contributed by atoms with Gasteiger partial charge in [0.2, 0.25) is 0 Å². The second-order valence-corrected chi connectivity index (χ2v) is 5.56. The highest BCUT2D eigenvalue weighted by atomic mass is 16.5. The molecule has 1 saturated carbocycles. The molecule has 1 aliphatic rings. The Morgan fingerprint density at radius 2 is 1.95 bits per heavy atom.